The third kappa shape index (κ3) is 2.93. The molecular formula is C25H35FO. The van der Waals surface area contributed by atoms with E-state index in [1.54, 1.807) is 12.1 Å². The van der Waals surface area contributed by atoms with Crippen molar-refractivity contribution in [2.24, 2.45) is 34.5 Å². The predicted molar refractivity (Wildman–Crippen MR) is 107 cm³/mol. The van der Waals surface area contributed by atoms with Crippen molar-refractivity contribution < 1.29 is 9.13 Å². The molecule has 2 heteroatoms. The Morgan fingerprint density at radius 1 is 0.926 bits per heavy atom. The predicted octanol–water partition coefficient (Wildman–Crippen LogP) is 7.01. The second kappa shape index (κ2) is 6.49. The summed E-state index contributed by atoms with van der Waals surface area (Å²) in [5.74, 6) is 4.31. The maximum Gasteiger partial charge on any atom is 0.123 e. The van der Waals surface area contributed by atoms with Crippen LogP contribution in [0.5, 0.6) is 5.75 Å². The largest absolute Gasteiger partial charge is 0.490 e. The van der Waals surface area contributed by atoms with Crippen LogP contribution in [0.15, 0.2) is 24.3 Å². The van der Waals surface area contributed by atoms with Gasteiger partial charge < -0.3 is 4.74 Å². The Labute approximate surface area is 164 Å². The monoisotopic (exact) mass is 370 g/mol. The fourth-order valence-corrected chi connectivity index (χ4v) is 8.08. The van der Waals surface area contributed by atoms with Gasteiger partial charge in [0.2, 0.25) is 0 Å². The Kier molecular flexibility index (Phi) is 4.33. The molecule has 4 aliphatic rings. The zero-order chi connectivity index (χ0) is 18.6. The molecule has 1 aromatic rings. The number of hydrogen-bond donors (Lipinski definition) is 0. The van der Waals surface area contributed by atoms with Gasteiger partial charge in [0, 0.05) is 0 Å². The van der Waals surface area contributed by atoms with Gasteiger partial charge in [-0.3, -0.25) is 0 Å². The van der Waals surface area contributed by atoms with Crippen LogP contribution in [0.3, 0.4) is 0 Å². The zero-order valence-electron chi connectivity index (χ0n) is 17.1. The molecule has 5 rings (SSSR count). The second-order valence-corrected chi connectivity index (χ2v) is 10.7. The van der Waals surface area contributed by atoms with Crippen LogP contribution in [0.25, 0.3) is 0 Å². The summed E-state index contributed by atoms with van der Waals surface area (Å²) in [6.07, 6.45) is 14.3. The molecule has 0 unspecified atom stereocenters. The molecule has 0 aliphatic heterocycles. The lowest BCUT2D eigenvalue weighted by Gasteiger charge is -2.59. The highest BCUT2D eigenvalue weighted by Crippen LogP contribution is 2.66. The molecule has 0 bridgehead atoms. The van der Waals surface area contributed by atoms with E-state index in [-0.39, 0.29) is 5.82 Å². The lowest BCUT2D eigenvalue weighted by molar-refractivity contribution is -0.103. The summed E-state index contributed by atoms with van der Waals surface area (Å²) in [4.78, 5) is 0. The molecule has 27 heavy (non-hydrogen) atoms. The number of benzene rings is 1. The van der Waals surface area contributed by atoms with E-state index in [2.05, 4.69) is 13.8 Å². The van der Waals surface area contributed by atoms with Gasteiger partial charge in [-0.1, -0.05) is 26.7 Å². The van der Waals surface area contributed by atoms with E-state index in [9.17, 15) is 4.39 Å². The van der Waals surface area contributed by atoms with E-state index in [0.717, 1.165) is 29.4 Å². The third-order valence-corrected chi connectivity index (χ3v) is 9.43. The van der Waals surface area contributed by atoms with Gasteiger partial charge in [0.1, 0.15) is 11.6 Å². The first-order valence-electron chi connectivity index (χ1n) is 11.4. The Morgan fingerprint density at radius 2 is 1.74 bits per heavy atom. The quantitative estimate of drug-likeness (QED) is 0.544. The summed E-state index contributed by atoms with van der Waals surface area (Å²) < 4.78 is 19.5. The summed E-state index contributed by atoms with van der Waals surface area (Å²) in [5.41, 5.74) is 1.06. The molecule has 1 nitrogen and oxygen atoms in total. The van der Waals surface area contributed by atoms with Crippen molar-refractivity contribution in [2.75, 3.05) is 0 Å². The fourth-order valence-electron chi connectivity index (χ4n) is 8.08. The first-order valence-corrected chi connectivity index (χ1v) is 11.4. The summed E-state index contributed by atoms with van der Waals surface area (Å²) >= 11 is 0. The number of hydrogen-bond acceptors (Lipinski definition) is 1. The van der Waals surface area contributed by atoms with Crippen LogP contribution in [0.1, 0.15) is 78.1 Å². The van der Waals surface area contributed by atoms with Crippen molar-refractivity contribution in [3.63, 3.8) is 0 Å². The molecule has 4 saturated carbocycles. The topological polar surface area (TPSA) is 9.23 Å². The minimum atomic E-state index is -0.185. The van der Waals surface area contributed by atoms with Gasteiger partial charge in [0.15, 0.2) is 0 Å². The average molecular weight is 371 g/mol. The lowest BCUT2D eigenvalue weighted by Crippen LogP contribution is -2.51. The third-order valence-electron chi connectivity index (χ3n) is 9.43. The SMILES string of the molecule is C[C@]12CC[C@H]3[C@@H](CC[C@H]4CCCC[C@@]43C)[C@@H]1C[C@H](Oc1ccc(F)cc1)C2. The summed E-state index contributed by atoms with van der Waals surface area (Å²) in [6, 6.07) is 6.61. The van der Waals surface area contributed by atoms with Crippen LogP contribution in [-0.4, -0.2) is 6.10 Å². The van der Waals surface area contributed by atoms with Crippen molar-refractivity contribution in [2.45, 2.75) is 84.2 Å². The van der Waals surface area contributed by atoms with E-state index >= 15 is 0 Å². The molecule has 148 valence electrons. The van der Waals surface area contributed by atoms with Gasteiger partial charge in [-0.05, 0) is 110 Å². The maximum absolute atomic E-state index is 13.2. The minimum Gasteiger partial charge on any atom is -0.490 e. The van der Waals surface area contributed by atoms with Crippen LogP contribution in [0, 0.1) is 40.3 Å². The van der Waals surface area contributed by atoms with Crippen LogP contribution in [0.4, 0.5) is 4.39 Å². The molecule has 4 aliphatic carbocycles. The Hall–Kier alpha value is -1.05. The van der Waals surface area contributed by atoms with Crippen molar-refractivity contribution >= 4 is 0 Å². The highest BCUT2D eigenvalue weighted by atomic mass is 19.1. The summed E-state index contributed by atoms with van der Waals surface area (Å²) in [6.45, 7) is 5.19. The van der Waals surface area contributed by atoms with E-state index in [1.807, 2.05) is 0 Å². The molecular weight excluding hydrogens is 335 g/mol. The van der Waals surface area contributed by atoms with Gasteiger partial charge >= 0.3 is 0 Å². The van der Waals surface area contributed by atoms with Gasteiger partial charge in [-0.15, -0.1) is 0 Å². The Bertz CT molecular complexity index is 684. The molecule has 0 amide bonds. The van der Waals surface area contributed by atoms with Gasteiger partial charge in [-0.25, -0.2) is 4.39 Å². The van der Waals surface area contributed by atoms with Crippen molar-refractivity contribution in [1.29, 1.82) is 0 Å². The normalized spacial score (nSPS) is 46.3. The van der Waals surface area contributed by atoms with Crippen LogP contribution in [0.2, 0.25) is 0 Å². The second-order valence-electron chi connectivity index (χ2n) is 10.7. The summed E-state index contributed by atoms with van der Waals surface area (Å²) in [5, 5.41) is 0. The lowest BCUT2D eigenvalue weighted by atomic mass is 9.45. The van der Waals surface area contributed by atoms with Gasteiger partial charge in [-0.2, -0.15) is 0 Å². The summed E-state index contributed by atoms with van der Waals surface area (Å²) in [7, 11) is 0. The molecule has 0 radical (unpaired) electrons. The van der Waals surface area contributed by atoms with Gasteiger partial charge in [0.05, 0.1) is 6.10 Å². The van der Waals surface area contributed by atoms with E-state index in [0.29, 0.717) is 16.9 Å². The highest BCUT2D eigenvalue weighted by molar-refractivity contribution is 5.23. The van der Waals surface area contributed by atoms with Crippen molar-refractivity contribution in [3.05, 3.63) is 30.1 Å². The number of ether oxygens (including phenoxy) is 1. The Balaban J connectivity index is 1.34. The first-order chi connectivity index (χ1) is 13.0. The van der Waals surface area contributed by atoms with Crippen LogP contribution in [-0.2, 0) is 0 Å². The van der Waals surface area contributed by atoms with E-state index in [1.165, 1.54) is 76.3 Å². The molecule has 0 spiro atoms. The number of halogens is 1. The Morgan fingerprint density at radius 3 is 2.56 bits per heavy atom. The molecule has 1 aromatic carbocycles. The molecule has 7 atom stereocenters. The number of fused-ring (bicyclic) bond motifs is 5. The molecule has 0 heterocycles. The minimum absolute atomic E-state index is 0.185. The van der Waals surface area contributed by atoms with E-state index in [4.69, 9.17) is 4.74 Å². The standard InChI is InChI=1S/C25H35FO/c1-24-14-12-22-21(11-6-17-5-3-4-13-25(17,22)2)23(24)15-20(16-24)27-19-9-7-18(26)8-10-19/h7-10,17,20-23H,3-6,11-16H2,1-2H3/t17-,20+,21-,22+,23+,24-,25+/m1/s1. The highest BCUT2D eigenvalue weighted by Gasteiger charge is 2.58. The van der Waals surface area contributed by atoms with Gasteiger partial charge in [0.25, 0.3) is 0 Å². The van der Waals surface area contributed by atoms with Crippen LogP contribution >= 0.6 is 0 Å². The molecule has 0 N–H and O–H groups in total. The van der Waals surface area contributed by atoms with Crippen molar-refractivity contribution in [1.82, 2.24) is 0 Å². The smallest absolute Gasteiger partial charge is 0.123 e. The fraction of sp³-hybridized carbons (Fsp3) is 0.760. The zero-order valence-corrected chi connectivity index (χ0v) is 17.1. The molecule has 4 fully saturated rings. The van der Waals surface area contributed by atoms with E-state index < -0.39 is 0 Å². The average Bonchev–Trinajstić information content (AvgIpc) is 2.99. The number of rotatable bonds is 2. The maximum atomic E-state index is 13.2. The molecule has 0 saturated heterocycles. The van der Waals surface area contributed by atoms with Crippen molar-refractivity contribution in [3.8, 4) is 5.75 Å². The molecule has 0 aromatic heterocycles. The first kappa shape index (κ1) is 18.0. The van der Waals surface area contributed by atoms with Crippen LogP contribution < -0.4 is 4.74 Å².